The highest BCUT2D eigenvalue weighted by atomic mass is 16.5. The van der Waals surface area contributed by atoms with E-state index in [2.05, 4.69) is 4.98 Å². The minimum atomic E-state index is -1.05. The zero-order valence-corrected chi connectivity index (χ0v) is 10.7. The Kier molecular flexibility index (Phi) is 2.45. The van der Waals surface area contributed by atoms with E-state index in [9.17, 15) is 15.0 Å². The third-order valence-electron chi connectivity index (χ3n) is 3.59. The molecule has 5 nitrogen and oxygen atoms in total. The summed E-state index contributed by atoms with van der Waals surface area (Å²) in [5, 5.41) is 21.1. The minimum absolute atomic E-state index is 0.209. The summed E-state index contributed by atoms with van der Waals surface area (Å²) in [5.74, 6) is 0.530. The van der Waals surface area contributed by atoms with Crippen LogP contribution >= 0.6 is 0 Å². The molecule has 2 heterocycles. The Labute approximate surface area is 109 Å². The fourth-order valence-electron chi connectivity index (χ4n) is 2.51. The van der Waals surface area contributed by atoms with Crippen molar-refractivity contribution in [3.63, 3.8) is 0 Å². The Balaban J connectivity index is 2.31. The normalized spacial score (nSPS) is 24.8. The Hall–Kier alpha value is -1.85. The first-order chi connectivity index (χ1) is 8.90. The van der Waals surface area contributed by atoms with Crippen LogP contribution in [0.1, 0.15) is 25.5 Å². The minimum Gasteiger partial charge on any atom is -0.485 e. The number of aromatic nitrogens is 1. The Morgan fingerprint density at radius 2 is 1.95 bits per heavy atom. The Morgan fingerprint density at radius 1 is 1.21 bits per heavy atom. The molecule has 1 aliphatic heterocycles. The molecule has 2 aromatic rings. The van der Waals surface area contributed by atoms with E-state index in [1.165, 1.54) is 6.07 Å². The van der Waals surface area contributed by atoms with Gasteiger partial charge in [0, 0.05) is 22.5 Å². The summed E-state index contributed by atoms with van der Waals surface area (Å²) in [7, 11) is 0. The van der Waals surface area contributed by atoms with E-state index in [4.69, 9.17) is 4.74 Å². The molecule has 1 aliphatic rings. The van der Waals surface area contributed by atoms with E-state index in [1.807, 2.05) is 0 Å². The Morgan fingerprint density at radius 3 is 2.68 bits per heavy atom. The number of H-pyrrole nitrogens is 1. The highest BCUT2D eigenvalue weighted by Gasteiger charge is 2.42. The van der Waals surface area contributed by atoms with Gasteiger partial charge in [-0.15, -0.1) is 0 Å². The average Bonchev–Trinajstić information content (AvgIpc) is 2.35. The smallest absolute Gasteiger partial charge is 0.248 e. The van der Waals surface area contributed by atoms with Gasteiger partial charge in [0.2, 0.25) is 5.56 Å². The molecule has 3 rings (SSSR count). The molecule has 3 N–H and O–H groups in total. The molecule has 1 aromatic carbocycles. The van der Waals surface area contributed by atoms with Crippen LogP contribution in [0.5, 0.6) is 5.75 Å². The van der Waals surface area contributed by atoms with Crippen molar-refractivity contribution >= 4 is 10.9 Å². The maximum atomic E-state index is 11.3. The zero-order chi connectivity index (χ0) is 13.8. The van der Waals surface area contributed by atoms with Gasteiger partial charge in [-0.05, 0) is 32.0 Å². The van der Waals surface area contributed by atoms with E-state index >= 15 is 0 Å². The molecule has 0 radical (unpaired) electrons. The number of fused-ring (bicyclic) bond motifs is 3. The zero-order valence-electron chi connectivity index (χ0n) is 10.7. The number of aliphatic hydroxyl groups excluding tert-OH is 2. The summed E-state index contributed by atoms with van der Waals surface area (Å²) < 4.78 is 5.74. The van der Waals surface area contributed by atoms with Gasteiger partial charge < -0.3 is 19.9 Å². The number of nitrogens with one attached hydrogen (secondary N) is 1. The SMILES string of the molecule is CC1(C)Oc2ccc3[nH]c(=O)ccc3c2C(O)C1O. The van der Waals surface area contributed by atoms with Crippen molar-refractivity contribution in [2.24, 2.45) is 0 Å². The summed E-state index contributed by atoms with van der Waals surface area (Å²) in [5.41, 5.74) is 0.0587. The maximum absolute atomic E-state index is 11.3. The summed E-state index contributed by atoms with van der Waals surface area (Å²) in [4.78, 5) is 14.0. The highest BCUT2D eigenvalue weighted by molar-refractivity contribution is 5.85. The molecule has 100 valence electrons. The summed E-state index contributed by atoms with van der Waals surface area (Å²) in [6, 6.07) is 6.45. The fraction of sp³-hybridized carbons (Fsp3) is 0.357. The first kappa shape index (κ1) is 12.2. The quantitative estimate of drug-likeness (QED) is 0.663. The van der Waals surface area contributed by atoms with Gasteiger partial charge in [-0.25, -0.2) is 0 Å². The maximum Gasteiger partial charge on any atom is 0.248 e. The number of aromatic amines is 1. The third kappa shape index (κ3) is 1.74. The molecule has 0 amide bonds. The molecule has 1 aromatic heterocycles. The predicted molar refractivity (Wildman–Crippen MR) is 70.2 cm³/mol. The van der Waals surface area contributed by atoms with Crippen molar-refractivity contribution in [1.82, 2.24) is 4.98 Å². The topological polar surface area (TPSA) is 82.6 Å². The van der Waals surface area contributed by atoms with Gasteiger partial charge in [0.25, 0.3) is 0 Å². The molecule has 0 fully saturated rings. The van der Waals surface area contributed by atoms with Crippen LogP contribution in [0.15, 0.2) is 29.1 Å². The second-order valence-electron chi connectivity index (χ2n) is 5.36. The lowest BCUT2D eigenvalue weighted by molar-refractivity contribution is -0.111. The van der Waals surface area contributed by atoms with Crippen molar-refractivity contribution in [3.8, 4) is 5.75 Å². The summed E-state index contributed by atoms with van der Waals surface area (Å²) in [6.45, 7) is 3.45. The molecule has 0 spiro atoms. The summed E-state index contributed by atoms with van der Waals surface area (Å²) >= 11 is 0. The predicted octanol–water partition coefficient (Wildman–Crippen LogP) is 1.09. The molecule has 0 bridgehead atoms. The third-order valence-corrected chi connectivity index (χ3v) is 3.59. The lowest BCUT2D eigenvalue weighted by Gasteiger charge is -2.40. The van der Waals surface area contributed by atoms with E-state index in [0.717, 1.165) is 0 Å². The number of hydrogen-bond acceptors (Lipinski definition) is 4. The first-order valence-corrected chi connectivity index (χ1v) is 6.11. The molecule has 19 heavy (non-hydrogen) atoms. The number of benzene rings is 1. The molecule has 2 atom stereocenters. The van der Waals surface area contributed by atoms with E-state index in [1.54, 1.807) is 32.0 Å². The standard InChI is InChI=1S/C14H15NO4/c1-14(2)13(18)12(17)11-7-3-6-10(16)15-8(7)4-5-9(11)19-14/h3-6,12-13,17-18H,1-2H3,(H,15,16). The lowest BCUT2D eigenvalue weighted by atomic mass is 9.87. The number of hydrogen-bond donors (Lipinski definition) is 3. The number of pyridine rings is 1. The van der Waals surface area contributed by atoms with E-state index in [0.29, 0.717) is 22.2 Å². The monoisotopic (exact) mass is 261 g/mol. The van der Waals surface area contributed by atoms with Gasteiger partial charge in [-0.2, -0.15) is 0 Å². The van der Waals surface area contributed by atoms with Crippen LogP contribution in [0.4, 0.5) is 0 Å². The largest absolute Gasteiger partial charge is 0.485 e. The second kappa shape index (κ2) is 3.82. The number of aliphatic hydroxyl groups is 2. The van der Waals surface area contributed by atoms with Crippen molar-refractivity contribution in [1.29, 1.82) is 0 Å². The van der Waals surface area contributed by atoms with Gasteiger partial charge in [-0.3, -0.25) is 4.79 Å². The first-order valence-electron chi connectivity index (χ1n) is 6.11. The van der Waals surface area contributed by atoms with Crippen LogP contribution in [-0.4, -0.2) is 26.9 Å². The van der Waals surface area contributed by atoms with Crippen LogP contribution in [0.2, 0.25) is 0 Å². The van der Waals surface area contributed by atoms with Gasteiger partial charge in [-0.1, -0.05) is 0 Å². The molecule has 2 unspecified atom stereocenters. The molecule has 5 heteroatoms. The Bertz CT molecular complexity index is 704. The van der Waals surface area contributed by atoms with Crippen LogP contribution in [-0.2, 0) is 0 Å². The molecule has 0 saturated heterocycles. The highest BCUT2D eigenvalue weighted by Crippen LogP contribution is 2.42. The van der Waals surface area contributed by atoms with Crippen molar-refractivity contribution < 1.29 is 14.9 Å². The molecule has 0 saturated carbocycles. The lowest BCUT2D eigenvalue weighted by Crippen LogP contribution is -2.48. The molecular formula is C14H15NO4. The van der Waals surface area contributed by atoms with Crippen LogP contribution < -0.4 is 10.3 Å². The molecular weight excluding hydrogens is 246 g/mol. The van der Waals surface area contributed by atoms with Gasteiger partial charge >= 0.3 is 0 Å². The van der Waals surface area contributed by atoms with Gasteiger partial charge in [0.1, 0.15) is 23.6 Å². The molecule has 0 aliphatic carbocycles. The van der Waals surface area contributed by atoms with Crippen molar-refractivity contribution in [2.75, 3.05) is 0 Å². The van der Waals surface area contributed by atoms with Crippen molar-refractivity contribution in [2.45, 2.75) is 31.7 Å². The second-order valence-corrected chi connectivity index (χ2v) is 5.36. The average molecular weight is 261 g/mol. The van der Waals surface area contributed by atoms with Crippen LogP contribution in [0, 0.1) is 0 Å². The number of ether oxygens (including phenoxy) is 1. The van der Waals surface area contributed by atoms with Crippen LogP contribution in [0.25, 0.3) is 10.9 Å². The number of rotatable bonds is 0. The van der Waals surface area contributed by atoms with Crippen molar-refractivity contribution in [3.05, 3.63) is 40.2 Å². The van der Waals surface area contributed by atoms with E-state index in [-0.39, 0.29) is 5.56 Å². The van der Waals surface area contributed by atoms with E-state index < -0.39 is 17.8 Å². The summed E-state index contributed by atoms with van der Waals surface area (Å²) in [6.07, 6.45) is -2.08. The van der Waals surface area contributed by atoms with Crippen LogP contribution in [0.3, 0.4) is 0 Å². The van der Waals surface area contributed by atoms with Gasteiger partial charge in [0.15, 0.2) is 0 Å². The fourth-order valence-corrected chi connectivity index (χ4v) is 2.51. The van der Waals surface area contributed by atoms with Gasteiger partial charge in [0.05, 0.1) is 0 Å².